The van der Waals surface area contributed by atoms with Crippen molar-refractivity contribution in [3.8, 4) is 11.3 Å². The van der Waals surface area contributed by atoms with Crippen LogP contribution in [0.2, 0.25) is 0 Å². The Kier molecular flexibility index (Phi) is 4.60. The zero-order valence-corrected chi connectivity index (χ0v) is 17.3. The van der Waals surface area contributed by atoms with Crippen LogP contribution in [0.4, 0.5) is 10.3 Å². The van der Waals surface area contributed by atoms with Crippen LogP contribution < -0.4 is 10.5 Å². The SMILES string of the molecule is CN(c1nc(-c2ccncc2F)cc(=O)n1C)[C@@H]1[C@@H]2CN(C(=O)C3CCCC3)C[C@@H]21. The van der Waals surface area contributed by atoms with E-state index in [1.54, 1.807) is 7.05 Å². The number of carbonyl (C=O) groups excluding carboxylic acids is 1. The van der Waals surface area contributed by atoms with E-state index in [9.17, 15) is 14.0 Å². The number of pyridine rings is 1. The van der Waals surface area contributed by atoms with Gasteiger partial charge in [-0.15, -0.1) is 0 Å². The van der Waals surface area contributed by atoms with Crippen LogP contribution in [-0.2, 0) is 11.8 Å². The molecular weight excluding hydrogens is 385 g/mol. The zero-order chi connectivity index (χ0) is 21.0. The lowest BCUT2D eigenvalue weighted by Gasteiger charge is -2.27. The number of hydrogen-bond acceptors (Lipinski definition) is 5. The van der Waals surface area contributed by atoms with E-state index in [0.29, 0.717) is 29.4 Å². The summed E-state index contributed by atoms with van der Waals surface area (Å²) in [4.78, 5) is 37.7. The number of aromatic nitrogens is 3. The molecule has 1 saturated heterocycles. The lowest BCUT2D eigenvalue weighted by atomic mass is 10.1. The fourth-order valence-corrected chi connectivity index (χ4v) is 5.38. The molecule has 0 bridgehead atoms. The van der Waals surface area contributed by atoms with Crippen molar-refractivity contribution in [1.29, 1.82) is 0 Å². The Labute approximate surface area is 174 Å². The minimum atomic E-state index is -0.504. The molecule has 0 aromatic carbocycles. The molecule has 158 valence electrons. The van der Waals surface area contributed by atoms with Crippen molar-refractivity contribution in [1.82, 2.24) is 19.4 Å². The summed E-state index contributed by atoms with van der Waals surface area (Å²) < 4.78 is 15.7. The second kappa shape index (κ2) is 7.18. The van der Waals surface area contributed by atoms with E-state index in [4.69, 9.17) is 0 Å². The number of nitrogens with zero attached hydrogens (tertiary/aromatic N) is 5. The zero-order valence-electron chi connectivity index (χ0n) is 17.3. The van der Waals surface area contributed by atoms with Crippen molar-refractivity contribution >= 4 is 11.9 Å². The van der Waals surface area contributed by atoms with Crippen LogP contribution in [0.25, 0.3) is 11.3 Å². The molecule has 1 aliphatic heterocycles. The molecule has 3 aliphatic rings. The number of fused-ring (bicyclic) bond motifs is 1. The maximum atomic E-state index is 14.2. The highest BCUT2D eigenvalue weighted by Crippen LogP contribution is 2.50. The first kappa shape index (κ1) is 19.2. The number of likely N-dealkylation sites (tertiary alicyclic amines) is 1. The quantitative estimate of drug-likeness (QED) is 0.770. The van der Waals surface area contributed by atoms with Crippen LogP contribution in [0.1, 0.15) is 25.7 Å². The summed E-state index contributed by atoms with van der Waals surface area (Å²) in [6.45, 7) is 1.56. The second-order valence-electron chi connectivity index (χ2n) is 8.85. The summed E-state index contributed by atoms with van der Waals surface area (Å²) >= 11 is 0. The van der Waals surface area contributed by atoms with Gasteiger partial charge >= 0.3 is 0 Å². The molecule has 8 heteroatoms. The highest BCUT2D eigenvalue weighted by atomic mass is 19.1. The Morgan fingerprint density at radius 2 is 1.93 bits per heavy atom. The Morgan fingerprint density at radius 1 is 1.23 bits per heavy atom. The van der Waals surface area contributed by atoms with Crippen LogP contribution in [-0.4, -0.2) is 51.5 Å². The number of hydrogen-bond donors (Lipinski definition) is 0. The van der Waals surface area contributed by atoms with Gasteiger partial charge in [-0.05, 0) is 18.9 Å². The summed E-state index contributed by atoms with van der Waals surface area (Å²) in [5.74, 6) is 1.35. The number of halogens is 1. The summed E-state index contributed by atoms with van der Waals surface area (Å²) in [5, 5.41) is 0. The smallest absolute Gasteiger partial charge is 0.255 e. The molecule has 0 spiro atoms. The number of piperidine rings is 1. The Bertz CT molecular complexity index is 1040. The van der Waals surface area contributed by atoms with Gasteiger partial charge in [0.1, 0.15) is 0 Å². The molecule has 5 rings (SSSR count). The predicted octanol–water partition coefficient (Wildman–Crippen LogP) is 2.06. The third-order valence-corrected chi connectivity index (χ3v) is 7.09. The summed E-state index contributed by atoms with van der Waals surface area (Å²) in [6, 6.07) is 3.12. The van der Waals surface area contributed by atoms with E-state index >= 15 is 0 Å². The molecule has 0 N–H and O–H groups in total. The van der Waals surface area contributed by atoms with Gasteiger partial charge < -0.3 is 9.80 Å². The van der Waals surface area contributed by atoms with E-state index in [1.165, 1.54) is 22.9 Å². The van der Waals surface area contributed by atoms with Gasteiger partial charge in [0, 0.05) is 68.8 Å². The Balaban J connectivity index is 1.34. The van der Waals surface area contributed by atoms with Gasteiger partial charge in [0.15, 0.2) is 5.82 Å². The van der Waals surface area contributed by atoms with Gasteiger partial charge in [0.2, 0.25) is 11.9 Å². The molecular formula is C22H26FN5O2. The van der Waals surface area contributed by atoms with Gasteiger partial charge in [0.05, 0.1) is 11.9 Å². The summed E-state index contributed by atoms with van der Waals surface area (Å²) in [6.07, 6.45) is 6.99. The third-order valence-electron chi connectivity index (χ3n) is 7.09. The fraction of sp³-hybridized carbons (Fsp3) is 0.545. The monoisotopic (exact) mass is 411 g/mol. The molecule has 2 aliphatic carbocycles. The number of rotatable bonds is 4. The third kappa shape index (κ3) is 3.09. The van der Waals surface area contributed by atoms with E-state index in [-0.39, 0.29) is 23.1 Å². The Morgan fingerprint density at radius 3 is 2.60 bits per heavy atom. The molecule has 2 aromatic rings. The van der Waals surface area contributed by atoms with Crippen LogP contribution in [0.3, 0.4) is 0 Å². The summed E-state index contributed by atoms with van der Waals surface area (Å²) in [7, 11) is 3.61. The van der Waals surface area contributed by atoms with Crippen LogP contribution >= 0.6 is 0 Å². The molecule has 3 heterocycles. The van der Waals surface area contributed by atoms with Gasteiger partial charge in [-0.25, -0.2) is 9.37 Å². The van der Waals surface area contributed by atoms with E-state index in [2.05, 4.69) is 9.97 Å². The maximum absolute atomic E-state index is 14.2. The Hall–Kier alpha value is -2.77. The average Bonchev–Trinajstić information content (AvgIpc) is 3.11. The highest BCUT2D eigenvalue weighted by Gasteiger charge is 2.59. The first-order valence-corrected chi connectivity index (χ1v) is 10.7. The van der Waals surface area contributed by atoms with Gasteiger partial charge in [0.25, 0.3) is 5.56 Å². The lowest BCUT2D eigenvalue weighted by molar-refractivity contribution is -0.134. The largest absolute Gasteiger partial charge is 0.342 e. The van der Waals surface area contributed by atoms with Gasteiger partial charge in [-0.3, -0.25) is 19.1 Å². The summed E-state index contributed by atoms with van der Waals surface area (Å²) in [5.41, 5.74) is 0.340. The number of amides is 1. The minimum Gasteiger partial charge on any atom is -0.342 e. The molecule has 7 nitrogen and oxygen atoms in total. The van der Waals surface area contributed by atoms with E-state index < -0.39 is 5.82 Å². The van der Waals surface area contributed by atoms with E-state index in [1.807, 2.05) is 16.8 Å². The fourth-order valence-electron chi connectivity index (χ4n) is 5.38. The first-order valence-electron chi connectivity index (χ1n) is 10.7. The normalized spacial score (nSPS) is 25.4. The predicted molar refractivity (Wildman–Crippen MR) is 110 cm³/mol. The van der Waals surface area contributed by atoms with E-state index in [0.717, 1.165) is 45.0 Å². The molecule has 3 fully saturated rings. The van der Waals surface area contributed by atoms with Crippen molar-refractivity contribution < 1.29 is 9.18 Å². The molecule has 2 saturated carbocycles. The molecule has 0 radical (unpaired) electrons. The van der Waals surface area contributed by atoms with Gasteiger partial charge in [-0.1, -0.05) is 12.8 Å². The topological polar surface area (TPSA) is 71.3 Å². The second-order valence-corrected chi connectivity index (χ2v) is 8.85. The van der Waals surface area contributed by atoms with Gasteiger partial charge in [-0.2, -0.15) is 0 Å². The number of carbonyl (C=O) groups is 1. The van der Waals surface area contributed by atoms with Crippen molar-refractivity contribution in [3.05, 3.63) is 40.7 Å². The van der Waals surface area contributed by atoms with Crippen LogP contribution in [0.5, 0.6) is 0 Å². The molecule has 3 atom stereocenters. The van der Waals surface area contributed by atoms with Crippen molar-refractivity contribution in [2.45, 2.75) is 31.7 Å². The molecule has 30 heavy (non-hydrogen) atoms. The van der Waals surface area contributed by atoms with Crippen LogP contribution in [0, 0.1) is 23.6 Å². The maximum Gasteiger partial charge on any atom is 0.255 e. The number of anilines is 1. The van der Waals surface area contributed by atoms with Crippen molar-refractivity contribution in [2.75, 3.05) is 25.0 Å². The van der Waals surface area contributed by atoms with Crippen LogP contribution in [0.15, 0.2) is 29.3 Å². The standard InChI is InChI=1S/C22H26FN5O2/c1-26-19(29)9-18(14-7-8-24-10-17(14)23)25-22(26)27(2)20-15-11-28(12-16(15)20)21(30)13-5-3-4-6-13/h7-10,13,15-16,20H,3-6,11-12H2,1-2H3/t15-,16+,20-. The minimum absolute atomic E-state index is 0.216. The van der Waals surface area contributed by atoms with Crippen molar-refractivity contribution in [3.63, 3.8) is 0 Å². The molecule has 2 aromatic heterocycles. The average molecular weight is 411 g/mol. The molecule has 0 unspecified atom stereocenters. The highest BCUT2D eigenvalue weighted by molar-refractivity contribution is 5.79. The first-order chi connectivity index (χ1) is 14.5. The lowest BCUT2D eigenvalue weighted by Crippen LogP contribution is -2.40. The molecule has 1 amide bonds. The van der Waals surface area contributed by atoms with Crippen molar-refractivity contribution in [2.24, 2.45) is 24.8 Å².